The number of rotatable bonds is 5. The minimum absolute atomic E-state index is 0.191. The van der Waals surface area contributed by atoms with E-state index in [9.17, 15) is 9.59 Å². The molecule has 0 saturated carbocycles. The second-order valence-electron chi connectivity index (χ2n) is 7.56. The summed E-state index contributed by atoms with van der Waals surface area (Å²) >= 11 is 12.1. The van der Waals surface area contributed by atoms with Gasteiger partial charge in [0.15, 0.2) is 0 Å². The predicted molar refractivity (Wildman–Crippen MR) is 121 cm³/mol. The van der Waals surface area contributed by atoms with Gasteiger partial charge in [-0.2, -0.15) is 0 Å². The lowest BCUT2D eigenvalue weighted by Gasteiger charge is -2.36. The van der Waals surface area contributed by atoms with Crippen LogP contribution in [0.1, 0.15) is 12.0 Å². The van der Waals surface area contributed by atoms with Crippen LogP contribution < -0.4 is 4.90 Å². The highest BCUT2D eigenvalue weighted by Gasteiger charge is 2.43. The molecule has 2 fully saturated rings. The Bertz CT molecular complexity index is 936. The first-order valence-electron chi connectivity index (χ1n) is 10.0. The number of hydrogen-bond acceptors (Lipinski definition) is 4. The van der Waals surface area contributed by atoms with Crippen molar-refractivity contribution in [1.29, 1.82) is 0 Å². The molecule has 156 valence electrons. The van der Waals surface area contributed by atoms with Gasteiger partial charge in [-0.3, -0.25) is 19.4 Å². The summed E-state index contributed by atoms with van der Waals surface area (Å²) < 4.78 is 0. The van der Waals surface area contributed by atoms with Gasteiger partial charge < -0.3 is 0 Å². The second-order valence-corrected chi connectivity index (χ2v) is 8.44. The van der Waals surface area contributed by atoms with Crippen LogP contribution >= 0.6 is 23.2 Å². The number of benzene rings is 2. The van der Waals surface area contributed by atoms with Crippen molar-refractivity contribution in [2.24, 2.45) is 0 Å². The van der Waals surface area contributed by atoms with Gasteiger partial charge in [-0.15, -0.1) is 0 Å². The normalized spacial score (nSPS) is 21.1. The fourth-order valence-corrected chi connectivity index (χ4v) is 4.51. The summed E-state index contributed by atoms with van der Waals surface area (Å²) in [4.78, 5) is 31.3. The molecular weight excluding hydrogens is 421 g/mol. The molecule has 5 nitrogen and oxygen atoms in total. The van der Waals surface area contributed by atoms with Crippen LogP contribution in [0.5, 0.6) is 0 Å². The standard InChI is InChI=1S/C23H23Cl2N3O2/c24-18-13-19(25)15-20(14-18)28-22(29)16-21(23(28)30)27-11-9-26(10-12-27)8-4-7-17-5-2-1-3-6-17/h1-7,13-15,21H,8-12,16H2/b7-4+. The molecule has 30 heavy (non-hydrogen) atoms. The zero-order chi connectivity index (χ0) is 21.1. The van der Waals surface area contributed by atoms with Crippen LogP contribution in [0.15, 0.2) is 54.6 Å². The lowest BCUT2D eigenvalue weighted by atomic mass is 10.1. The zero-order valence-corrected chi connectivity index (χ0v) is 18.0. The minimum atomic E-state index is -0.419. The van der Waals surface area contributed by atoms with E-state index in [1.807, 2.05) is 18.2 Å². The molecule has 2 heterocycles. The minimum Gasteiger partial charge on any atom is -0.297 e. The van der Waals surface area contributed by atoms with Gasteiger partial charge >= 0.3 is 0 Å². The van der Waals surface area contributed by atoms with Gasteiger partial charge in [0.25, 0.3) is 5.91 Å². The van der Waals surface area contributed by atoms with Crippen LogP contribution in [0.4, 0.5) is 5.69 Å². The topological polar surface area (TPSA) is 43.9 Å². The molecule has 2 amide bonds. The molecule has 7 heteroatoms. The van der Waals surface area contributed by atoms with Crippen molar-refractivity contribution in [3.8, 4) is 0 Å². The van der Waals surface area contributed by atoms with E-state index in [1.54, 1.807) is 18.2 Å². The van der Waals surface area contributed by atoms with Crippen molar-refractivity contribution in [1.82, 2.24) is 9.80 Å². The number of piperazine rings is 1. The number of hydrogen-bond donors (Lipinski definition) is 0. The summed E-state index contributed by atoms with van der Waals surface area (Å²) in [7, 11) is 0. The third-order valence-corrected chi connectivity index (χ3v) is 5.99. The molecule has 2 saturated heterocycles. The van der Waals surface area contributed by atoms with E-state index in [4.69, 9.17) is 23.2 Å². The molecule has 2 aliphatic heterocycles. The van der Waals surface area contributed by atoms with Gasteiger partial charge in [-0.25, -0.2) is 4.90 Å². The average Bonchev–Trinajstić information content (AvgIpc) is 3.02. The molecule has 2 aromatic rings. The number of imide groups is 1. The Kier molecular flexibility index (Phi) is 6.54. The van der Waals surface area contributed by atoms with E-state index in [2.05, 4.69) is 34.1 Å². The van der Waals surface area contributed by atoms with E-state index in [0.717, 1.165) is 32.7 Å². The summed E-state index contributed by atoms with van der Waals surface area (Å²) in [5.74, 6) is -0.410. The first-order chi connectivity index (χ1) is 14.5. The fourth-order valence-electron chi connectivity index (χ4n) is 4.00. The highest BCUT2D eigenvalue weighted by atomic mass is 35.5. The SMILES string of the molecule is O=C1CC(N2CCN(C/C=C/c3ccccc3)CC2)C(=O)N1c1cc(Cl)cc(Cl)c1. The van der Waals surface area contributed by atoms with Gasteiger partial charge in [-0.1, -0.05) is 65.7 Å². The summed E-state index contributed by atoms with van der Waals surface area (Å²) in [6.45, 7) is 4.10. The van der Waals surface area contributed by atoms with Crippen molar-refractivity contribution in [3.63, 3.8) is 0 Å². The zero-order valence-electron chi connectivity index (χ0n) is 16.5. The molecule has 1 atom stereocenters. The number of amides is 2. The molecule has 4 rings (SSSR count). The number of halogens is 2. The summed E-state index contributed by atoms with van der Waals surface area (Å²) in [6, 6.07) is 14.6. The average molecular weight is 444 g/mol. The molecule has 0 N–H and O–H groups in total. The molecule has 2 aromatic carbocycles. The van der Waals surface area contributed by atoms with E-state index in [1.165, 1.54) is 10.5 Å². The van der Waals surface area contributed by atoms with E-state index in [0.29, 0.717) is 15.7 Å². The second kappa shape index (κ2) is 9.31. The number of anilines is 1. The molecule has 0 bridgehead atoms. The monoisotopic (exact) mass is 443 g/mol. The lowest BCUT2D eigenvalue weighted by Crippen LogP contribution is -2.52. The summed E-state index contributed by atoms with van der Waals surface area (Å²) in [5, 5.41) is 0.803. The molecule has 0 spiro atoms. The molecule has 1 unspecified atom stereocenters. The summed E-state index contributed by atoms with van der Waals surface area (Å²) in [6.07, 6.45) is 4.48. The van der Waals surface area contributed by atoms with Crippen molar-refractivity contribution in [2.75, 3.05) is 37.6 Å². The molecule has 0 radical (unpaired) electrons. The Morgan fingerprint density at radius 3 is 2.27 bits per heavy atom. The third kappa shape index (κ3) is 4.76. The highest BCUT2D eigenvalue weighted by molar-refractivity contribution is 6.35. The predicted octanol–water partition coefficient (Wildman–Crippen LogP) is 3.96. The maximum atomic E-state index is 13.0. The molecule has 2 aliphatic rings. The van der Waals surface area contributed by atoms with Crippen molar-refractivity contribution in [3.05, 3.63) is 70.2 Å². The van der Waals surface area contributed by atoms with Crippen LogP contribution in [-0.4, -0.2) is 60.4 Å². The highest BCUT2D eigenvalue weighted by Crippen LogP contribution is 2.30. The maximum Gasteiger partial charge on any atom is 0.251 e. The van der Waals surface area contributed by atoms with Gasteiger partial charge in [0.1, 0.15) is 0 Å². The largest absolute Gasteiger partial charge is 0.297 e. The third-order valence-electron chi connectivity index (χ3n) is 5.55. The Labute approximate surface area is 186 Å². The Balaban J connectivity index is 1.34. The molecule has 0 aliphatic carbocycles. The van der Waals surface area contributed by atoms with E-state index < -0.39 is 6.04 Å². The van der Waals surface area contributed by atoms with Gasteiger partial charge in [0.05, 0.1) is 18.2 Å². The van der Waals surface area contributed by atoms with Crippen LogP contribution in [0.3, 0.4) is 0 Å². The van der Waals surface area contributed by atoms with Crippen LogP contribution in [0.2, 0.25) is 10.0 Å². The first-order valence-corrected chi connectivity index (χ1v) is 10.8. The fraction of sp³-hybridized carbons (Fsp3) is 0.304. The van der Waals surface area contributed by atoms with Crippen molar-refractivity contribution >= 4 is 46.8 Å². The lowest BCUT2D eigenvalue weighted by molar-refractivity contribution is -0.123. The Morgan fingerprint density at radius 2 is 1.60 bits per heavy atom. The van der Waals surface area contributed by atoms with Crippen LogP contribution in [-0.2, 0) is 9.59 Å². The van der Waals surface area contributed by atoms with E-state index in [-0.39, 0.29) is 18.2 Å². The van der Waals surface area contributed by atoms with Crippen LogP contribution in [0, 0.1) is 0 Å². The Morgan fingerprint density at radius 1 is 0.933 bits per heavy atom. The Hall–Kier alpha value is -2.18. The number of carbonyl (C=O) groups excluding carboxylic acids is 2. The maximum absolute atomic E-state index is 13.0. The molecule has 0 aromatic heterocycles. The van der Waals surface area contributed by atoms with Gasteiger partial charge in [0.2, 0.25) is 5.91 Å². The van der Waals surface area contributed by atoms with Gasteiger partial charge in [0, 0.05) is 42.8 Å². The quantitative estimate of drug-likeness (QED) is 0.656. The molecular formula is C23H23Cl2N3O2. The number of carbonyl (C=O) groups is 2. The summed E-state index contributed by atoms with van der Waals surface area (Å²) in [5.41, 5.74) is 1.63. The smallest absolute Gasteiger partial charge is 0.251 e. The van der Waals surface area contributed by atoms with E-state index >= 15 is 0 Å². The first kappa shape index (κ1) is 21.1. The van der Waals surface area contributed by atoms with Crippen molar-refractivity contribution < 1.29 is 9.59 Å². The van der Waals surface area contributed by atoms with Crippen molar-refractivity contribution in [2.45, 2.75) is 12.5 Å². The number of nitrogens with zero attached hydrogens (tertiary/aromatic N) is 3. The van der Waals surface area contributed by atoms with Gasteiger partial charge in [-0.05, 0) is 23.8 Å². The van der Waals surface area contributed by atoms with Crippen LogP contribution in [0.25, 0.3) is 6.08 Å².